The molecular weight excluding hydrogens is 196 g/mol. The molecule has 0 spiro atoms. The van der Waals surface area contributed by atoms with Gasteiger partial charge in [-0.3, -0.25) is 0 Å². The van der Waals surface area contributed by atoms with E-state index in [1.165, 1.54) is 18.2 Å². The minimum atomic E-state index is -0.466. The second-order valence-electron chi connectivity index (χ2n) is 4.22. The van der Waals surface area contributed by atoms with Gasteiger partial charge >= 0.3 is 0 Å². The first-order chi connectivity index (χ1) is 7.00. The molecule has 0 saturated carbocycles. The van der Waals surface area contributed by atoms with Crippen LogP contribution in [0.5, 0.6) is 0 Å². The van der Waals surface area contributed by atoms with Crippen LogP contribution in [0.2, 0.25) is 0 Å². The lowest BCUT2D eigenvalue weighted by Crippen LogP contribution is -2.19. The molecule has 0 aliphatic rings. The molecular formula is C12H17F2N. The zero-order chi connectivity index (χ0) is 11.4. The predicted octanol–water partition coefficient (Wildman–Crippen LogP) is 2.88. The van der Waals surface area contributed by atoms with Crippen LogP contribution >= 0.6 is 0 Å². The largest absolute Gasteiger partial charge is 0.328 e. The Labute approximate surface area is 89.3 Å². The van der Waals surface area contributed by atoms with Crippen molar-refractivity contribution in [1.82, 2.24) is 0 Å². The van der Waals surface area contributed by atoms with Crippen LogP contribution in [0.15, 0.2) is 18.2 Å². The van der Waals surface area contributed by atoms with Crippen molar-refractivity contribution in [2.45, 2.75) is 32.7 Å². The molecule has 0 fully saturated rings. The van der Waals surface area contributed by atoms with Crippen molar-refractivity contribution in [3.8, 4) is 0 Å². The molecule has 0 aliphatic carbocycles. The first-order valence-electron chi connectivity index (χ1n) is 5.19. The average Bonchev–Trinajstić information content (AvgIpc) is 2.10. The van der Waals surface area contributed by atoms with Crippen molar-refractivity contribution in [2.24, 2.45) is 11.7 Å². The smallest absolute Gasteiger partial charge is 0.129 e. The lowest BCUT2D eigenvalue weighted by atomic mass is 9.95. The fourth-order valence-electron chi connectivity index (χ4n) is 1.79. The van der Waals surface area contributed by atoms with Gasteiger partial charge in [0.05, 0.1) is 0 Å². The Kier molecular flexibility index (Phi) is 4.21. The molecule has 0 amide bonds. The van der Waals surface area contributed by atoms with Gasteiger partial charge in [-0.1, -0.05) is 13.0 Å². The molecule has 2 atom stereocenters. The highest BCUT2D eigenvalue weighted by Crippen LogP contribution is 2.18. The topological polar surface area (TPSA) is 26.0 Å². The van der Waals surface area contributed by atoms with E-state index in [9.17, 15) is 8.78 Å². The monoisotopic (exact) mass is 213 g/mol. The molecule has 1 aromatic carbocycles. The van der Waals surface area contributed by atoms with E-state index in [1.807, 2.05) is 13.8 Å². The fourth-order valence-corrected chi connectivity index (χ4v) is 1.79. The van der Waals surface area contributed by atoms with E-state index in [-0.39, 0.29) is 17.5 Å². The predicted molar refractivity (Wildman–Crippen MR) is 57.5 cm³/mol. The summed E-state index contributed by atoms with van der Waals surface area (Å²) in [7, 11) is 0. The second-order valence-corrected chi connectivity index (χ2v) is 4.22. The van der Waals surface area contributed by atoms with Crippen LogP contribution < -0.4 is 5.73 Å². The standard InChI is InChI=1S/C12H17F2N/c1-8(6-9(2)15)7-10-11(13)4-3-5-12(10)14/h3-5,8-9H,6-7,15H2,1-2H3. The highest BCUT2D eigenvalue weighted by molar-refractivity contribution is 5.20. The fraction of sp³-hybridized carbons (Fsp3) is 0.500. The summed E-state index contributed by atoms with van der Waals surface area (Å²) in [5, 5.41) is 0. The Bertz CT molecular complexity index is 303. The minimum Gasteiger partial charge on any atom is -0.328 e. The second kappa shape index (κ2) is 5.21. The van der Waals surface area contributed by atoms with Crippen LogP contribution in [0.1, 0.15) is 25.8 Å². The molecule has 2 unspecified atom stereocenters. The van der Waals surface area contributed by atoms with Crippen LogP contribution in [0.3, 0.4) is 0 Å². The van der Waals surface area contributed by atoms with Gasteiger partial charge in [-0.25, -0.2) is 8.78 Å². The molecule has 0 saturated heterocycles. The van der Waals surface area contributed by atoms with Crippen LogP contribution in [-0.4, -0.2) is 6.04 Å². The summed E-state index contributed by atoms with van der Waals surface area (Å²) in [6.45, 7) is 3.85. The normalized spacial score (nSPS) is 15.0. The first-order valence-corrected chi connectivity index (χ1v) is 5.19. The van der Waals surface area contributed by atoms with Crippen molar-refractivity contribution >= 4 is 0 Å². The highest BCUT2D eigenvalue weighted by Gasteiger charge is 2.13. The number of rotatable bonds is 4. The number of halogens is 2. The van der Waals surface area contributed by atoms with E-state index >= 15 is 0 Å². The van der Waals surface area contributed by atoms with Gasteiger partial charge in [0.15, 0.2) is 0 Å². The quantitative estimate of drug-likeness (QED) is 0.817. The van der Waals surface area contributed by atoms with E-state index in [1.54, 1.807) is 0 Å². The SMILES string of the molecule is CC(N)CC(C)Cc1c(F)cccc1F. The molecule has 0 bridgehead atoms. The summed E-state index contributed by atoms with van der Waals surface area (Å²) >= 11 is 0. The summed E-state index contributed by atoms with van der Waals surface area (Å²) in [6.07, 6.45) is 1.17. The number of hydrogen-bond acceptors (Lipinski definition) is 1. The average molecular weight is 213 g/mol. The molecule has 1 rings (SSSR count). The van der Waals surface area contributed by atoms with Crippen LogP contribution in [0.25, 0.3) is 0 Å². The maximum atomic E-state index is 13.3. The zero-order valence-electron chi connectivity index (χ0n) is 9.13. The van der Waals surface area contributed by atoms with E-state index in [4.69, 9.17) is 5.73 Å². The third kappa shape index (κ3) is 3.59. The number of hydrogen-bond donors (Lipinski definition) is 1. The highest BCUT2D eigenvalue weighted by atomic mass is 19.1. The first kappa shape index (κ1) is 12.1. The van der Waals surface area contributed by atoms with E-state index in [0.717, 1.165) is 6.42 Å². The van der Waals surface area contributed by atoms with Gasteiger partial charge < -0.3 is 5.73 Å². The van der Waals surface area contributed by atoms with Gasteiger partial charge in [0, 0.05) is 11.6 Å². The molecule has 0 radical (unpaired) electrons. The molecule has 1 aromatic rings. The van der Waals surface area contributed by atoms with E-state index in [0.29, 0.717) is 6.42 Å². The van der Waals surface area contributed by atoms with Crippen LogP contribution in [-0.2, 0) is 6.42 Å². The Hall–Kier alpha value is -0.960. The Balaban J connectivity index is 2.71. The number of benzene rings is 1. The zero-order valence-corrected chi connectivity index (χ0v) is 9.13. The van der Waals surface area contributed by atoms with Crippen molar-refractivity contribution in [1.29, 1.82) is 0 Å². The third-order valence-electron chi connectivity index (χ3n) is 2.39. The minimum absolute atomic E-state index is 0.0647. The molecule has 15 heavy (non-hydrogen) atoms. The summed E-state index contributed by atoms with van der Waals surface area (Å²) in [5.41, 5.74) is 5.81. The van der Waals surface area contributed by atoms with Gasteiger partial charge in [0.25, 0.3) is 0 Å². The van der Waals surface area contributed by atoms with Gasteiger partial charge in [-0.2, -0.15) is 0 Å². The molecule has 3 heteroatoms. The van der Waals surface area contributed by atoms with Crippen molar-refractivity contribution in [3.63, 3.8) is 0 Å². The van der Waals surface area contributed by atoms with Crippen LogP contribution in [0.4, 0.5) is 8.78 Å². The van der Waals surface area contributed by atoms with Crippen LogP contribution in [0, 0.1) is 17.6 Å². The van der Waals surface area contributed by atoms with Crippen molar-refractivity contribution in [2.75, 3.05) is 0 Å². The van der Waals surface area contributed by atoms with Gasteiger partial charge in [-0.15, -0.1) is 0 Å². The van der Waals surface area contributed by atoms with E-state index < -0.39 is 11.6 Å². The molecule has 2 N–H and O–H groups in total. The Morgan fingerprint density at radius 3 is 2.20 bits per heavy atom. The molecule has 0 aliphatic heterocycles. The maximum Gasteiger partial charge on any atom is 0.129 e. The molecule has 1 nitrogen and oxygen atoms in total. The van der Waals surface area contributed by atoms with E-state index in [2.05, 4.69) is 0 Å². The van der Waals surface area contributed by atoms with Crippen molar-refractivity contribution in [3.05, 3.63) is 35.4 Å². The van der Waals surface area contributed by atoms with Gasteiger partial charge in [0.2, 0.25) is 0 Å². The molecule has 0 aromatic heterocycles. The summed E-state index contributed by atoms with van der Waals surface area (Å²) < 4.78 is 26.6. The van der Waals surface area contributed by atoms with Crippen molar-refractivity contribution < 1.29 is 8.78 Å². The summed E-state index contributed by atoms with van der Waals surface area (Å²) in [6, 6.07) is 4.02. The van der Waals surface area contributed by atoms with Gasteiger partial charge in [0.1, 0.15) is 11.6 Å². The molecule has 0 heterocycles. The van der Waals surface area contributed by atoms with Gasteiger partial charge in [-0.05, 0) is 37.8 Å². The third-order valence-corrected chi connectivity index (χ3v) is 2.39. The maximum absolute atomic E-state index is 13.3. The summed E-state index contributed by atoms with van der Waals surface area (Å²) in [5.74, 6) is -0.741. The molecule has 84 valence electrons. The lowest BCUT2D eigenvalue weighted by molar-refractivity contribution is 0.454. The number of nitrogens with two attached hydrogens (primary N) is 1. The Morgan fingerprint density at radius 1 is 1.20 bits per heavy atom. The Morgan fingerprint density at radius 2 is 1.73 bits per heavy atom. The summed E-state index contributed by atoms with van der Waals surface area (Å²) in [4.78, 5) is 0. The lowest BCUT2D eigenvalue weighted by Gasteiger charge is -2.14.